The maximum absolute atomic E-state index is 13.4. The molecule has 2 N–H and O–H groups in total. The van der Waals surface area contributed by atoms with Gasteiger partial charge in [0.25, 0.3) is 0 Å². The first-order valence-electron chi connectivity index (χ1n) is 6.82. The molecule has 6 heteroatoms. The van der Waals surface area contributed by atoms with Crippen LogP contribution in [-0.2, 0) is 20.1 Å². The molecule has 0 aliphatic heterocycles. The van der Waals surface area contributed by atoms with Crippen LogP contribution < -0.4 is 10.5 Å². The quantitative estimate of drug-likeness (QED) is 0.892. The van der Waals surface area contributed by atoms with Crippen LogP contribution in [0.25, 0.3) is 0 Å². The number of nitrogens with two attached hydrogens (primary N) is 1. The van der Waals surface area contributed by atoms with Crippen LogP contribution >= 0.6 is 15.9 Å². The van der Waals surface area contributed by atoms with Crippen LogP contribution in [-0.4, -0.2) is 9.78 Å². The highest BCUT2D eigenvalue weighted by Crippen LogP contribution is 2.28. The van der Waals surface area contributed by atoms with Crippen molar-refractivity contribution in [2.24, 2.45) is 12.8 Å². The Morgan fingerprint density at radius 3 is 2.76 bits per heavy atom. The van der Waals surface area contributed by atoms with Crippen molar-refractivity contribution in [2.45, 2.75) is 32.9 Å². The molecular weight excluding hydrogens is 337 g/mol. The predicted molar refractivity (Wildman–Crippen MR) is 83.6 cm³/mol. The second kappa shape index (κ2) is 6.58. The molecule has 0 amide bonds. The molecular formula is C15H19BrFN3O. The van der Waals surface area contributed by atoms with Gasteiger partial charge in [-0.3, -0.25) is 4.68 Å². The number of rotatable bonds is 5. The van der Waals surface area contributed by atoms with Gasteiger partial charge in [0, 0.05) is 24.7 Å². The van der Waals surface area contributed by atoms with Crippen LogP contribution in [0.15, 0.2) is 22.7 Å². The van der Waals surface area contributed by atoms with E-state index in [9.17, 15) is 4.39 Å². The van der Waals surface area contributed by atoms with Crippen LogP contribution in [0.3, 0.4) is 0 Å². The maximum Gasteiger partial charge on any atom is 0.131 e. The Morgan fingerprint density at radius 1 is 1.48 bits per heavy atom. The monoisotopic (exact) mass is 355 g/mol. The molecule has 0 aliphatic carbocycles. The van der Waals surface area contributed by atoms with Crippen LogP contribution in [0.1, 0.15) is 36.8 Å². The van der Waals surface area contributed by atoms with Crippen molar-refractivity contribution in [1.82, 2.24) is 9.78 Å². The van der Waals surface area contributed by atoms with Gasteiger partial charge in [0.1, 0.15) is 18.2 Å². The van der Waals surface area contributed by atoms with Crippen LogP contribution in [0.2, 0.25) is 0 Å². The molecule has 4 nitrogen and oxygen atoms in total. The Kier molecular flexibility index (Phi) is 5.00. The van der Waals surface area contributed by atoms with Gasteiger partial charge in [0.15, 0.2) is 0 Å². The van der Waals surface area contributed by atoms with Crippen molar-refractivity contribution < 1.29 is 9.13 Å². The van der Waals surface area contributed by atoms with Gasteiger partial charge in [-0.2, -0.15) is 5.10 Å². The molecule has 2 rings (SSSR count). The zero-order valence-electron chi connectivity index (χ0n) is 12.4. The summed E-state index contributed by atoms with van der Waals surface area (Å²) >= 11 is 3.54. The molecule has 2 aromatic rings. The molecule has 1 aromatic heterocycles. The molecule has 0 aliphatic rings. The van der Waals surface area contributed by atoms with E-state index in [0.717, 1.165) is 27.8 Å². The number of hydrogen-bond donors (Lipinski definition) is 1. The first kappa shape index (κ1) is 16.0. The van der Waals surface area contributed by atoms with E-state index in [1.165, 1.54) is 12.1 Å². The van der Waals surface area contributed by atoms with E-state index in [1.54, 1.807) is 10.7 Å². The largest absolute Gasteiger partial charge is 0.487 e. The molecule has 0 spiro atoms. The van der Waals surface area contributed by atoms with Gasteiger partial charge in [0.05, 0.1) is 15.9 Å². The molecule has 1 aromatic carbocycles. The predicted octanol–water partition coefficient (Wildman–Crippen LogP) is 3.48. The van der Waals surface area contributed by atoms with E-state index in [4.69, 9.17) is 10.5 Å². The Balaban J connectivity index is 2.24. The van der Waals surface area contributed by atoms with E-state index in [2.05, 4.69) is 21.0 Å². The zero-order valence-corrected chi connectivity index (χ0v) is 13.9. The molecule has 0 saturated carbocycles. The van der Waals surface area contributed by atoms with Crippen molar-refractivity contribution in [2.75, 3.05) is 0 Å². The molecule has 0 radical (unpaired) electrons. The number of aryl methyl sites for hydroxylation is 2. The summed E-state index contributed by atoms with van der Waals surface area (Å²) in [5.41, 5.74) is 8.56. The normalized spacial score (nSPS) is 12.5. The molecule has 1 unspecified atom stereocenters. The first-order chi connectivity index (χ1) is 9.93. The molecule has 21 heavy (non-hydrogen) atoms. The second-order valence-corrected chi connectivity index (χ2v) is 5.74. The fourth-order valence-electron chi connectivity index (χ4n) is 2.13. The fraction of sp³-hybridized carbons (Fsp3) is 0.400. The molecule has 0 saturated heterocycles. The summed E-state index contributed by atoms with van der Waals surface area (Å²) in [6.45, 7) is 4.18. The maximum atomic E-state index is 13.4. The van der Waals surface area contributed by atoms with Crippen molar-refractivity contribution in [3.8, 4) is 5.75 Å². The Morgan fingerprint density at radius 2 is 2.19 bits per heavy atom. The minimum Gasteiger partial charge on any atom is -0.487 e. The first-order valence-corrected chi connectivity index (χ1v) is 7.61. The second-order valence-electron chi connectivity index (χ2n) is 4.94. The SMILES string of the molecule is CCc1nn(C)c(COc2cc(F)ccc2C(C)N)c1Br. The third kappa shape index (κ3) is 3.44. The van der Waals surface area contributed by atoms with E-state index in [1.807, 2.05) is 20.9 Å². The molecule has 1 atom stereocenters. The third-order valence-electron chi connectivity index (χ3n) is 3.33. The third-order valence-corrected chi connectivity index (χ3v) is 4.25. The van der Waals surface area contributed by atoms with Gasteiger partial charge in [-0.1, -0.05) is 13.0 Å². The summed E-state index contributed by atoms with van der Waals surface area (Å²) in [6.07, 6.45) is 0.833. The van der Waals surface area contributed by atoms with E-state index < -0.39 is 0 Å². The summed E-state index contributed by atoms with van der Waals surface area (Å²) in [4.78, 5) is 0. The van der Waals surface area contributed by atoms with Gasteiger partial charge in [-0.15, -0.1) is 0 Å². The van der Waals surface area contributed by atoms with Gasteiger partial charge < -0.3 is 10.5 Å². The van der Waals surface area contributed by atoms with Crippen molar-refractivity contribution >= 4 is 15.9 Å². The number of aromatic nitrogens is 2. The van der Waals surface area contributed by atoms with Crippen molar-refractivity contribution in [1.29, 1.82) is 0 Å². The number of benzene rings is 1. The highest BCUT2D eigenvalue weighted by Gasteiger charge is 2.15. The highest BCUT2D eigenvalue weighted by atomic mass is 79.9. The zero-order chi connectivity index (χ0) is 15.6. The molecule has 1 heterocycles. The van der Waals surface area contributed by atoms with Gasteiger partial charge in [-0.25, -0.2) is 4.39 Å². The summed E-state index contributed by atoms with van der Waals surface area (Å²) in [5, 5.41) is 4.41. The minimum atomic E-state index is -0.340. The summed E-state index contributed by atoms with van der Waals surface area (Å²) in [5.74, 6) is 0.129. The van der Waals surface area contributed by atoms with Crippen molar-refractivity contribution in [3.63, 3.8) is 0 Å². The van der Waals surface area contributed by atoms with E-state index in [-0.39, 0.29) is 11.9 Å². The fourth-order valence-corrected chi connectivity index (χ4v) is 2.86. The summed E-state index contributed by atoms with van der Waals surface area (Å²) < 4.78 is 21.9. The number of hydrogen-bond acceptors (Lipinski definition) is 3. The lowest BCUT2D eigenvalue weighted by atomic mass is 10.1. The lowest BCUT2D eigenvalue weighted by molar-refractivity contribution is 0.288. The lowest BCUT2D eigenvalue weighted by Gasteiger charge is -2.14. The Labute approximate surface area is 132 Å². The summed E-state index contributed by atoms with van der Waals surface area (Å²) in [6, 6.07) is 4.19. The molecule has 0 bridgehead atoms. The number of nitrogens with zero attached hydrogens (tertiary/aromatic N) is 2. The van der Waals surface area contributed by atoms with E-state index >= 15 is 0 Å². The Bertz CT molecular complexity index is 640. The van der Waals surface area contributed by atoms with Crippen molar-refractivity contribution in [3.05, 3.63) is 45.4 Å². The minimum absolute atomic E-state index is 0.221. The van der Waals surface area contributed by atoms with Gasteiger partial charge >= 0.3 is 0 Å². The van der Waals surface area contributed by atoms with E-state index in [0.29, 0.717) is 12.4 Å². The number of ether oxygens (including phenoxy) is 1. The van der Waals surface area contributed by atoms with Gasteiger partial charge in [-0.05, 0) is 35.3 Å². The average molecular weight is 356 g/mol. The van der Waals surface area contributed by atoms with Gasteiger partial charge in [0.2, 0.25) is 0 Å². The average Bonchev–Trinajstić information content (AvgIpc) is 2.71. The summed E-state index contributed by atoms with van der Waals surface area (Å²) in [7, 11) is 1.86. The van der Waals surface area contributed by atoms with Crippen LogP contribution in [0.5, 0.6) is 5.75 Å². The lowest BCUT2D eigenvalue weighted by Crippen LogP contribution is -2.10. The molecule has 114 valence electrons. The van der Waals surface area contributed by atoms with Crippen LogP contribution in [0.4, 0.5) is 4.39 Å². The van der Waals surface area contributed by atoms with Crippen LogP contribution in [0, 0.1) is 5.82 Å². The highest BCUT2D eigenvalue weighted by molar-refractivity contribution is 9.10. The smallest absolute Gasteiger partial charge is 0.131 e. The number of halogens is 2. The topological polar surface area (TPSA) is 53.1 Å². The molecule has 0 fully saturated rings. The standard InChI is InChI=1S/C15H19BrFN3O/c1-4-12-15(16)13(20(3)19-12)8-21-14-7-10(17)5-6-11(14)9(2)18/h5-7,9H,4,8,18H2,1-3H3. The Hall–Kier alpha value is -1.40.